The molecule has 254 valence electrons. The molecule has 9 aromatic carbocycles. The van der Waals surface area contributed by atoms with Gasteiger partial charge < -0.3 is 9.32 Å². The van der Waals surface area contributed by atoms with Gasteiger partial charge in [0.25, 0.3) is 0 Å². The van der Waals surface area contributed by atoms with E-state index in [-0.39, 0.29) is 0 Å². The average Bonchev–Trinajstić information content (AvgIpc) is 3.64. The summed E-state index contributed by atoms with van der Waals surface area (Å²) < 4.78 is 6.62. The molecule has 0 saturated heterocycles. The first kappa shape index (κ1) is 31.6. The van der Waals surface area contributed by atoms with Gasteiger partial charge in [-0.05, 0) is 98.2 Å². The van der Waals surface area contributed by atoms with Crippen molar-refractivity contribution in [3.05, 3.63) is 212 Å². The Hall–Kier alpha value is -7.16. The molecule has 10 aromatic rings. The van der Waals surface area contributed by atoms with Crippen molar-refractivity contribution in [2.45, 2.75) is 0 Å². The van der Waals surface area contributed by atoms with E-state index in [9.17, 15) is 0 Å². The zero-order chi connectivity index (χ0) is 35.8. The Morgan fingerprint density at radius 3 is 1.63 bits per heavy atom. The van der Waals surface area contributed by atoms with Crippen molar-refractivity contribution in [2.75, 3.05) is 4.90 Å². The molecule has 2 nitrogen and oxygen atoms in total. The maximum absolute atomic E-state index is 6.62. The van der Waals surface area contributed by atoms with E-state index in [1.54, 1.807) is 0 Å². The molecule has 2 heteroatoms. The topological polar surface area (TPSA) is 16.4 Å². The Balaban J connectivity index is 1.05. The standard InChI is InChI=1S/C52H35NO/c1-2-14-38(15-3-1)46-21-6-8-24-49(46)53(50-25-12-23-48-47-22-7-9-26-51(47)54-52(48)50)45-31-29-37(30-32-45)40-17-10-18-41(33-40)42-19-11-20-43(35-42)44-28-27-36-13-4-5-16-39(36)34-44/h1-35H. The summed E-state index contributed by atoms with van der Waals surface area (Å²) in [5.41, 5.74) is 14.3. The summed E-state index contributed by atoms with van der Waals surface area (Å²) in [6, 6.07) is 75.8. The molecule has 0 aliphatic carbocycles. The van der Waals surface area contributed by atoms with Gasteiger partial charge in [0.2, 0.25) is 0 Å². The highest BCUT2D eigenvalue weighted by molar-refractivity contribution is 6.10. The SMILES string of the molecule is c1ccc(-c2ccccc2N(c2ccc(-c3cccc(-c4cccc(-c5ccc6ccccc6c5)c4)c3)cc2)c2cccc3c2oc2ccccc23)cc1. The fourth-order valence-electron chi connectivity index (χ4n) is 7.78. The lowest BCUT2D eigenvalue weighted by molar-refractivity contribution is 0.669. The summed E-state index contributed by atoms with van der Waals surface area (Å²) in [5.74, 6) is 0. The summed E-state index contributed by atoms with van der Waals surface area (Å²) in [7, 11) is 0. The number of rotatable bonds is 7. The smallest absolute Gasteiger partial charge is 0.159 e. The van der Waals surface area contributed by atoms with Crippen LogP contribution in [0.3, 0.4) is 0 Å². The van der Waals surface area contributed by atoms with E-state index >= 15 is 0 Å². The molecule has 1 heterocycles. The van der Waals surface area contributed by atoms with Crippen molar-refractivity contribution < 1.29 is 4.42 Å². The van der Waals surface area contributed by atoms with Crippen LogP contribution in [0.4, 0.5) is 17.1 Å². The van der Waals surface area contributed by atoms with Crippen molar-refractivity contribution in [1.82, 2.24) is 0 Å². The zero-order valence-corrected chi connectivity index (χ0v) is 29.6. The maximum Gasteiger partial charge on any atom is 0.159 e. The minimum absolute atomic E-state index is 0.865. The van der Waals surface area contributed by atoms with E-state index in [1.807, 2.05) is 12.1 Å². The summed E-state index contributed by atoms with van der Waals surface area (Å²) in [6.07, 6.45) is 0. The Morgan fingerprint density at radius 1 is 0.315 bits per heavy atom. The second kappa shape index (κ2) is 13.4. The molecule has 0 N–H and O–H groups in total. The lowest BCUT2D eigenvalue weighted by Crippen LogP contribution is -2.11. The Kier molecular flexibility index (Phi) is 7.85. The molecule has 0 radical (unpaired) electrons. The van der Waals surface area contributed by atoms with Crippen LogP contribution >= 0.6 is 0 Å². The van der Waals surface area contributed by atoms with E-state index in [0.717, 1.165) is 55.7 Å². The van der Waals surface area contributed by atoms with E-state index in [4.69, 9.17) is 4.42 Å². The quantitative estimate of drug-likeness (QED) is 0.166. The van der Waals surface area contributed by atoms with E-state index in [2.05, 4.69) is 205 Å². The Bertz CT molecular complexity index is 2940. The molecular formula is C52H35NO. The van der Waals surface area contributed by atoms with E-state index < -0.39 is 0 Å². The van der Waals surface area contributed by atoms with Gasteiger partial charge in [0.15, 0.2) is 5.58 Å². The first-order chi connectivity index (χ1) is 26.8. The van der Waals surface area contributed by atoms with Crippen molar-refractivity contribution >= 4 is 49.8 Å². The molecule has 0 unspecified atom stereocenters. The molecule has 0 amide bonds. The number of benzene rings is 9. The van der Waals surface area contributed by atoms with Gasteiger partial charge >= 0.3 is 0 Å². The molecule has 0 fully saturated rings. The highest BCUT2D eigenvalue weighted by Crippen LogP contribution is 2.45. The number of anilines is 3. The number of hydrogen-bond acceptors (Lipinski definition) is 2. The van der Waals surface area contributed by atoms with Gasteiger partial charge in [-0.2, -0.15) is 0 Å². The summed E-state index contributed by atoms with van der Waals surface area (Å²) >= 11 is 0. The highest BCUT2D eigenvalue weighted by Gasteiger charge is 2.22. The van der Waals surface area contributed by atoms with Crippen LogP contribution in [-0.4, -0.2) is 0 Å². The van der Waals surface area contributed by atoms with Crippen molar-refractivity contribution in [2.24, 2.45) is 0 Å². The highest BCUT2D eigenvalue weighted by atomic mass is 16.3. The predicted molar refractivity (Wildman–Crippen MR) is 228 cm³/mol. The van der Waals surface area contributed by atoms with Crippen molar-refractivity contribution in [3.8, 4) is 44.5 Å². The molecule has 0 aliphatic rings. The van der Waals surface area contributed by atoms with Crippen molar-refractivity contribution in [3.63, 3.8) is 0 Å². The van der Waals surface area contributed by atoms with Gasteiger partial charge in [-0.25, -0.2) is 0 Å². The summed E-state index contributed by atoms with van der Waals surface area (Å²) in [4.78, 5) is 2.34. The van der Waals surface area contributed by atoms with Crippen LogP contribution in [0.5, 0.6) is 0 Å². The van der Waals surface area contributed by atoms with Gasteiger partial charge in [-0.15, -0.1) is 0 Å². The number of nitrogens with zero attached hydrogens (tertiary/aromatic N) is 1. The summed E-state index contributed by atoms with van der Waals surface area (Å²) in [5, 5.41) is 4.72. The number of fused-ring (bicyclic) bond motifs is 4. The Morgan fingerprint density at radius 2 is 0.852 bits per heavy atom. The maximum atomic E-state index is 6.62. The molecule has 0 saturated carbocycles. The van der Waals surface area contributed by atoms with Crippen molar-refractivity contribution in [1.29, 1.82) is 0 Å². The zero-order valence-electron chi connectivity index (χ0n) is 29.6. The fourth-order valence-corrected chi connectivity index (χ4v) is 7.78. The van der Waals surface area contributed by atoms with Crippen LogP contribution in [0.2, 0.25) is 0 Å². The lowest BCUT2D eigenvalue weighted by Gasteiger charge is -2.28. The van der Waals surface area contributed by atoms with Crippen LogP contribution < -0.4 is 4.90 Å². The van der Waals surface area contributed by atoms with Gasteiger partial charge in [0.1, 0.15) is 5.58 Å². The lowest BCUT2D eigenvalue weighted by atomic mass is 9.95. The van der Waals surface area contributed by atoms with E-state index in [1.165, 1.54) is 38.6 Å². The molecule has 0 aliphatic heterocycles. The van der Waals surface area contributed by atoms with Crippen LogP contribution in [0, 0.1) is 0 Å². The second-order valence-electron chi connectivity index (χ2n) is 13.7. The first-order valence-electron chi connectivity index (χ1n) is 18.4. The molecule has 0 bridgehead atoms. The molecule has 10 rings (SSSR count). The number of hydrogen-bond donors (Lipinski definition) is 0. The number of furan rings is 1. The summed E-state index contributed by atoms with van der Waals surface area (Å²) in [6.45, 7) is 0. The fraction of sp³-hybridized carbons (Fsp3) is 0. The molecule has 54 heavy (non-hydrogen) atoms. The molecule has 1 aromatic heterocycles. The normalized spacial score (nSPS) is 11.3. The minimum Gasteiger partial charge on any atom is -0.454 e. The monoisotopic (exact) mass is 689 g/mol. The largest absolute Gasteiger partial charge is 0.454 e. The van der Waals surface area contributed by atoms with Gasteiger partial charge in [0.05, 0.1) is 11.4 Å². The predicted octanol–water partition coefficient (Wildman–Crippen LogP) is 14.9. The first-order valence-corrected chi connectivity index (χ1v) is 18.4. The third kappa shape index (κ3) is 5.71. The van der Waals surface area contributed by atoms with Crippen LogP contribution in [-0.2, 0) is 0 Å². The molecule has 0 atom stereocenters. The second-order valence-corrected chi connectivity index (χ2v) is 13.7. The molecule has 0 spiro atoms. The van der Waals surface area contributed by atoms with Crippen LogP contribution in [0.1, 0.15) is 0 Å². The average molecular weight is 690 g/mol. The van der Waals surface area contributed by atoms with Gasteiger partial charge in [-0.1, -0.05) is 164 Å². The van der Waals surface area contributed by atoms with Gasteiger partial charge in [0, 0.05) is 22.0 Å². The van der Waals surface area contributed by atoms with E-state index in [0.29, 0.717) is 0 Å². The number of para-hydroxylation sites is 3. The van der Waals surface area contributed by atoms with Crippen LogP contribution in [0.15, 0.2) is 217 Å². The molecular weight excluding hydrogens is 655 g/mol. The van der Waals surface area contributed by atoms with Gasteiger partial charge in [-0.3, -0.25) is 0 Å². The third-order valence-electron chi connectivity index (χ3n) is 10.5. The minimum atomic E-state index is 0.865. The van der Waals surface area contributed by atoms with Crippen LogP contribution in [0.25, 0.3) is 77.2 Å². The Labute approximate surface area is 314 Å². The third-order valence-corrected chi connectivity index (χ3v) is 10.5.